The number of aromatic nitrogens is 1. The Morgan fingerprint density at radius 1 is 0.677 bits per heavy atom. The molecule has 31 heavy (non-hydrogen) atoms. The van der Waals surface area contributed by atoms with Gasteiger partial charge in [0.2, 0.25) is 5.91 Å². The molecular formula is C25H44ClN3O2. The number of primary amides is 1. The summed E-state index contributed by atoms with van der Waals surface area (Å²) in [6.45, 7) is 1.14. The average molecular weight is 454 g/mol. The first-order chi connectivity index (χ1) is 14.6. The van der Waals surface area contributed by atoms with Crippen LogP contribution in [-0.4, -0.2) is 17.7 Å². The highest BCUT2D eigenvalue weighted by atomic mass is 35.5. The summed E-state index contributed by atoms with van der Waals surface area (Å²) in [5.74, 6) is -0.544. The van der Waals surface area contributed by atoms with Crippen LogP contribution in [0.5, 0.6) is 0 Å². The Balaban J connectivity index is 0.00000900. The quantitative estimate of drug-likeness (QED) is 0.232. The normalized spacial score (nSPS) is 11.6. The van der Waals surface area contributed by atoms with Crippen molar-refractivity contribution in [2.75, 3.05) is 0 Å². The van der Waals surface area contributed by atoms with Gasteiger partial charge in [0.1, 0.15) is 12.3 Å². The molecule has 1 amide bonds. The zero-order chi connectivity index (χ0) is 21.9. The maximum absolute atomic E-state index is 11.7. The molecule has 0 aliphatic carbocycles. The van der Waals surface area contributed by atoms with Crippen molar-refractivity contribution in [2.45, 2.75) is 115 Å². The highest BCUT2D eigenvalue weighted by Crippen LogP contribution is 2.13. The fourth-order valence-corrected chi connectivity index (χ4v) is 3.81. The van der Waals surface area contributed by atoms with Crippen LogP contribution in [0.15, 0.2) is 30.6 Å². The number of aryl methyl sites for hydroxylation is 1. The molecule has 0 aliphatic heterocycles. The van der Waals surface area contributed by atoms with E-state index in [2.05, 4.69) is 35.2 Å². The summed E-state index contributed by atoms with van der Waals surface area (Å²) in [5.41, 5.74) is 10.7. The van der Waals surface area contributed by atoms with Crippen LogP contribution in [-0.2, 0) is 16.1 Å². The van der Waals surface area contributed by atoms with E-state index in [0.29, 0.717) is 6.42 Å². The maximum atomic E-state index is 11.7. The van der Waals surface area contributed by atoms with Gasteiger partial charge in [0.15, 0.2) is 12.4 Å². The number of carbonyl (C=O) groups excluding carboxylic acids is 2. The molecule has 1 heterocycles. The molecule has 0 fully saturated rings. The first-order valence-corrected chi connectivity index (χ1v) is 12.1. The van der Waals surface area contributed by atoms with Crippen LogP contribution >= 0.6 is 0 Å². The van der Waals surface area contributed by atoms with E-state index >= 15 is 0 Å². The Morgan fingerprint density at radius 3 is 1.55 bits per heavy atom. The van der Waals surface area contributed by atoms with Crippen molar-refractivity contribution in [1.82, 2.24) is 0 Å². The molecule has 0 bridgehead atoms. The largest absolute Gasteiger partial charge is 1.00 e. The molecule has 0 saturated carbocycles. The highest BCUT2D eigenvalue weighted by Gasteiger charge is 2.15. The second-order valence-electron chi connectivity index (χ2n) is 8.56. The Labute approximate surface area is 195 Å². The number of hydrogen-bond donors (Lipinski definition) is 2. The van der Waals surface area contributed by atoms with Gasteiger partial charge in [-0.2, -0.15) is 0 Å². The van der Waals surface area contributed by atoms with Crippen molar-refractivity contribution < 1.29 is 26.6 Å². The van der Waals surface area contributed by atoms with E-state index in [1.54, 1.807) is 0 Å². The number of carbonyl (C=O) groups is 2. The van der Waals surface area contributed by atoms with Crippen LogP contribution < -0.4 is 28.4 Å². The summed E-state index contributed by atoms with van der Waals surface area (Å²) < 4.78 is 2.27. The maximum Gasteiger partial charge on any atom is 0.219 e. The van der Waals surface area contributed by atoms with E-state index < -0.39 is 11.9 Å². The number of pyridine rings is 1. The second-order valence-corrected chi connectivity index (χ2v) is 8.56. The van der Waals surface area contributed by atoms with Gasteiger partial charge in [-0.05, 0) is 12.8 Å². The molecule has 6 heteroatoms. The fourth-order valence-electron chi connectivity index (χ4n) is 3.81. The molecule has 0 spiro atoms. The van der Waals surface area contributed by atoms with Crippen LogP contribution in [0.4, 0.5) is 0 Å². The number of rotatable bonds is 20. The first-order valence-electron chi connectivity index (χ1n) is 12.1. The fraction of sp³-hybridized carbons (Fsp3) is 0.720. The molecule has 0 unspecified atom stereocenters. The van der Waals surface area contributed by atoms with Crippen molar-refractivity contribution in [1.29, 1.82) is 0 Å². The molecule has 1 aromatic heterocycles. The molecule has 0 aliphatic rings. The van der Waals surface area contributed by atoms with Gasteiger partial charge in [0, 0.05) is 31.4 Å². The molecule has 1 aromatic rings. The number of hydrogen-bond acceptors (Lipinski definition) is 3. The third-order valence-corrected chi connectivity index (χ3v) is 5.70. The van der Waals surface area contributed by atoms with Gasteiger partial charge in [0.25, 0.3) is 0 Å². The van der Waals surface area contributed by atoms with Gasteiger partial charge >= 0.3 is 0 Å². The molecule has 0 radical (unpaired) electrons. The highest BCUT2D eigenvalue weighted by molar-refractivity contribution is 5.88. The van der Waals surface area contributed by atoms with Crippen LogP contribution in [0.2, 0.25) is 0 Å². The minimum absolute atomic E-state index is 0. The molecule has 4 N–H and O–H groups in total. The minimum atomic E-state index is -0.712. The molecule has 178 valence electrons. The van der Waals surface area contributed by atoms with Gasteiger partial charge in [-0.15, -0.1) is 0 Å². The first kappa shape index (κ1) is 29.5. The number of Topliss-reactive ketones (excluding diaryl/α,β-unsaturated/α-hetero) is 1. The lowest BCUT2D eigenvalue weighted by molar-refractivity contribution is -0.697. The molecule has 5 nitrogen and oxygen atoms in total. The minimum Gasteiger partial charge on any atom is -1.00 e. The number of nitrogens with zero attached hydrogens (tertiary/aromatic N) is 1. The Hall–Kier alpha value is -1.46. The summed E-state index contributed by atoms with van der Waals surface area (Å²) in [4.78, 5) is 22.5. The molecular weight excluding hydrogens is 410 g/mol. The number of unbranched alkanes of at least 4 members (excludes halogenated alkanes) is 13. The Bertz CT molecular complexity index is 569. The summed E-state index contributed by atoms with van der Waals surface area (Å²) in [7, 11) is 0. The van der Waals surface area contributed by atoms with Crippen molar-refractivity contribution in [3.8, 4) is 0 Å². The summed E-state index contributed by atoms with van der Waals surface area (Å²) in [5, 5.41) is 0. The van der Waals surface area contributed by atoms with Gasteiger partial charge in [-0.1, -0.05) is 76.7 Å². The SMILES string of the molecule is NC(=O)C[C@H](N)C(=O)CCCCCCCCCCCCCCCC[n+]1ccccc1.[Cl-]. The zero-order valence-corrected chi connectivity index (χ0v) is 20.0. The van der Waals surface area contributed by atoms with E-state index in [0.717, 1.165) is 19.4 Å². The predicted octanol–water partition coefficient (Wildman–Crippen LogP) is 1.60. The third-order valence-electron chi connectivity index (χ3n) is 5.70. The zero-order valence-electron chi connectivity index (χ0n) is 19.3. The number of halogens is 1. The standard InChI is InChI=1S/C25H43N3O2.ClH/c26-23(22-25(27)30)24(29)18-14-11-9-7-5-3-1-2-4-6-8-10-12-15-19-28-20-16-13-17-21-28;/h13,16-17,20-21,23H,1-12,14-15,18-19,22,26H2,(H-,27,30);1H/t23-;/m0./s1. The van der Waals surface area contributed by atoms with E-state index in [1.165, 1.54) is 77.0 Å². The number of amides is 1. The lowest BCUT2D eigenvalue weighted by atomic mass is 10.0. The second kappa shape index (κ2) is 20.4. The Morgan fingerprint density at radius 2 is 1.10 bits per heavy atom. The lowest BCUT2D eigenvalue weighted by Gasteiger charge is -2.08. The number of nitrogens with two attached hydrogens (primary N) is 2. The van der Waals surface area contributed by atoms with Gasteiger partial charge in [-0.25, -0.2) is 4.57 Å². The van der Waals surface area contributed by atoms with Gasteiger partial charge < -0.3 is 23.9 Å². The van der Waals surface area contributed by atoms with E-state index in [4.69, 9.17) is 11.5 Å². The van der Waals surface area contributed by atoms with Crippen LogP contribution in [0, 0.1) is 0 Å². The van der Waals surface area contributed by atoms with Crippen LogP contribution in [0.1, 0.15) is 103 Å². The average Bonchev–Trinajstić information content (AvgIpc) is 2.73. The van der Waals surface area contributed by atoms with E-state index in [-0.39, 0.29) is 24.6 Å². The molecule has 0 aromatic carbocycles. The van der Waals surface area contributed by atoms with E-state index in [1.807, 2.05) is 0 Å². The molecule has 0 saturated heterocycles. The smallest absolute Gasteiger partial charge is 0.219 e. The van der Waals surface area contributed by atoms with Crippen molar-refractivity contribution >= 4 is 11.7 Å². The lowest BCUT2D eigenvalue weighted by Crippen LogP contribution is -3.00. The van der Waals surface area contributed by atoms with Crippen molar-refractivity contribution in [2.24, 2.45) is 11.5 Å². The van der Waals surface area contributed by atoms with Crippen LogP contribution in [0.25, 0.3) is 0 Å². The van der Waals surface area contributed by atoms with Crippen molar-refractivity contribution in [3.63, 3.8) is 0 Å². The van der Waals surface area contributed by atoms with Gasteiger partial charge in [-0.3, -0.25) is 9.59 Å². The van der Waals surface area contributed by atoms with E-state index in [9.17, 15) is 9.59 Å². The van der Waals surface area contributed by atoms with Gasteiger partial charge in [0.05, 0.1) is 6.04 Å². The summed E-state index contributed by atoms with van der Waals surface area (Å²) >= 11 is 0. The monoisotopic (exact) mass is 453 g/mol. The molecule has 1 rings (SSSR count). The van der Waals surface area contributed by atoms with Crippen LogP contribution in [0.3, 0.4) is 0 Å². The Kier molecular flexibility index (Phi) is 19.5. The topological polar surface area (TPSA) is 90.1 Å². The third kappa shape index (κ3) is 17.9. The molecule has 1 atom stereocenters. The summed E-state index contributed by atoms with van der Waals surface area (Å²) in [6, 6.07) is 5.54. The number of ketones is 1. The van der Waals surface area contributed by atoms with Crippen molar-refractivity contribution in [3.05, 3.63) is 30.6 Å². The summed E-state index contributed by atoms with van der Waals surface area (Å²) in [6.07, 6.45) is 22.6. The predicted molar refractivity (Wildman–Crippen MR) is 123 cm³/mol.